The van der Waals surface area contributed by atoms with Gasteiger partial charge in [0.25, 0.3) is 0 Å². The fraction of sp³-hybridized carbons (Fsp3) is 0.133. The van der Waals surface area contributed by atoms with Crippen molar-refractivity contribution < 1.29 is 14.3 Å². The average molecular weight is 309 g/mol. The fourth-order valence-electron chi connectivity index (χ4n) is 1.80. The van der Waals surface area contributed by atoms with Gasteiger partial charge in [-0.25, -0.2) is 4.39 Å². The van der Waals surface area contributed by atoms with Crippen LogP contribution in [-0.2, 0) is 11.2 Å². The predicted octanol–water partition coefficient (Wildman–Crippen LogP) is 2.69. The molecular weight excluding hydrogens is 295 g/mol. The summed E-state index contributed by atoms with van der Waals surface area (Å²) in [4.78, 5) is 12.0. The predicted molar refractivity (Wildman–Crippen MR) is 79.8 cm³/mol. The van der Waals surface area contributed by atoms with Gasteiger partial charge in [-0.2, -0.15) is 0 Å². The van der Waals surface area contributed by atoms with E-state index >= 15 is 0 Å². The summed E-state index contributed by atoms with van der Waals surface area (Å²) in [5.41, 5.74) is 6.58. The molecule has 110 valence electrons. The molecule has 0 spiro atoms. The molecule has 0 heterocycles. The first-order valence-corrected chi connectivity index (χ1v) is 6.63. The molecule has 0 fully saturated rings. The van der Waals surface area contributed by atoms with Crippen molar-refractivity contribution in [1.29, 1.82) is 0 Å². The van der Waals surface area contributed by atoms with Crippen LogP contribution >= 0.6 is 11.6 Å². The van der Waals surface area contributed by atoms with E-state index in [1.54, 1.807) is 12.1 Å². The summed E-state index contributed by atoms with van der Waals surface area (Å²) in [5, 5.41) is 11.9. The molecule has 0 saturated carbocycles. The van der Waals surface area contributed by atoms with Crippen LogP contribution in [0.2, 0.25) is 5.02 Å². The van der Waals surface area contributed by atoms with Gasteiger partial charge in [0.2, 0.25) is 5.91 Å². The molecule has 4 nitrogen and oxygen atoms in total. The number of hydrogen-bond acceptors (Lipinski definition) is 3. The van der Waals surface area contributed by atoms with Gasteiger partial charge in [0.15, 0.2) is 0 Å². The Balaban J connectivity index is 2.02. The number of aromatic hydroxyl groups is 1. The lowest BCUT2D eigenvalue weighted by atomic mass is 10.1. The highest BCUT2D eigenvalue weighted by Crippen LogP contribution is 2.20. The van der Waals surface area contributed by atoms with Gasteiger partial charge in [0.05, 0.1) is 11.7 Å². The third-order valence-corrected chi connectivity index (χ3v) is 3.15. The summed E-state index contributed by atoms with van der Waals surface area (Å²) in [7, 11) is 0. The van der Waals surface area contributed by atoms with E-state index in [-0.39, 0.29) is 17.9 Å². The summed E-state index contributed by atoms with van der Waals surface area (Å²) < 4.78 is 13.5. The summed E-state index contributed by atoms with van der Waals surface area (Å²) in [6, 6.07) is 9.40. The highest BCUT2D eigenvalue weighted by molar-refractivity contribution is 6.30. The standard InChI is InChI=1S/C15H14ClFN2O2/c16-10-3-6-12(17)14(8-10)19-15(21)13(18)7-9-1-4-11(20)5-2-9/h1-6,8,13,20H,7,18H2,(H,19,21)/t13-/m1/s1. The minimum Gasteiger partial charge on any atom is -0.508 e. The molecule has 21 heavy (non-hydrogen) atoms. The van der Waals surface area contributed by atoms with Gasteiger partial charge in [-0.3, -0.25) is 4.79 Å². The first-order chi connectivity index (χ1) is 9.95. The van der Waals surface area contributed by atoms with Crippen molar-refractivity contribution in [2.45, 2.75) is 12.5 Å². The normalized spacial score (nSPS) is 12.0. The van der Waals surface area contributed by atoms with Crippen molar-refractivity contribution in [3.05, 3.63) is 58.9 Å². The Morgan fingerprint density at radius 3 is 2.62 bits per heavy atom. The first kappa shape index (κ1) is 15.3. The molecule has 4 N–H and O–H groups in total. The molecular formula is C15H14ClFN2O2. The lowest BCUT2D eigenvalue weighted by molar-refractivity contribution is -0.117. The Hall–Kier alpha value is -2.11. The van der Waals surface area contributed by atoms with Crippen LogP contribution in [0.3, 0.4) is 0 Å². The summed E-state index contributed by atoms with van der Waals surface area (Å²) in [6.07, 6.45) is 0.272. The zero-order valence-electron chi connectivity index (χ0n) is 11.0. The maximum atomic E-state index is 13.5. The van der Waals surface area contributed by atoms with Crippen molar-refractivity contribution in [2.24, 2.45) is 5.73 Å². The molecule has 0 radical (unpaired) electrons. The molecule has 6 heteroatoms. The lowest BCUT2D eigenvalue weighted by Gasteiger charge is -2.13. The van der Waals surface area contributed by atoms with Crippen LogP contribution in [0.5, 0.6) is 5.75 Å². The molecule has 2 aromatic rings. The van der Waals surface area contributed by atoms with Crippen LogP contribution in [0, 0.1) is 5.82 Å². The minimum absolute atomic E-state index is 0.00587. The maximum Gasteiger partial charge on any atom is 0.241 e. The topological polar surface area (TPSA) is 75.3 Å². The van der Waals surface area contributed by atoms with Crippen molar-refractivity contribution >= 4 is 23.2 Å². The Bertz CT molecular complexity index is 647. The second-order valence-electron chi connectivity index (χ2n) is 4.59. The molecule has 0 bridgehead atoms. The molecule has 2 aromatic carbocycles. The number of rotatable bonds is 4. The number of halogens is 2. The van der Waals surface area contributed by atoms with Crippen LogP contribution in [0.1, 0.15) is 5.56 Å². The van der Waals surface area contributed by atoms with E-state index in [0.717, 1.165) is 5.56 Å². The van der Waals surface area contributed by atoms with Crippen LogP contribution in [-0.4, -0.2) is 17.1 Å². The Kier molecular flexibility index (Phi) is 4.77. The van der Waals surface area contributed by atoms with Crippen molar-refractivity contribution in [1.82, 2.24) is 0 Å². The van der Waals surface area contributed by atoms with Gasteiger partial charge in [0, 0.05) is 5.02 Å². The van der Waals surface area contributed by atoms with E-state index in [2.05, 4.69) is 5.32 Å². The molecule has 2 rings (SSSR count). The van der Waals surface area contributed by atoms with E-state index in [0.29, 0.717) is 5.02 Å². The second-order valence-corrected chi connectivity index (χ2v) is 5.03. The van der Waals surface area contributed by atoms with Gasteiger partial charge in [-0.05, 0) is 42.3 Å². The largest absolute Gasteiger partial charge is 0.508 e. The van der Waals surface area contributed by atoms with E-state index in [1.165, 1.54) is 30.3 Å². The molecule has 0 aliphatic heterocycles. The van der Waals surface area contributed by atoms with Gasteiger partial charge in [-0.1, -0.05) is 23.7 Å². The van der Waals surface area contributed by atoms with E-state index < -0.39 is 17.8 Å². The Morgan fingerprint density at radius 1 is 1.29 bits per heavy atom. The average Bonchev–Trinajstić information content (AvgIpc) is 2.45. The van der Waals surface area contributed by atoms with E-state index in [1.807, 2.05) is 0 Å². The van der Waals surface area contributed by atoms with E-state index in [9.17, 15) is 14.3 Å². The number of benzene rings is 2. The third-order valence-electron chi connectivity index (χ3n) is 2.92. The number of phenols is 1. The smallest absolute Gasteiger partial charge is 0.241 e. The van der Waals surface area contributed by atoms with Crippen LogP contribution in [0.4, 0.5) is 10.1 Å². The first-order valence-electron chi connectivity index (χ1n) is 6.25. The molecule has 0 saturated heterocycles. The molecule has 0 aliphatic rings. The zero-order chi connectivity index (χ0) is 15.4. The summed E-state index contributed by atoms with van der Waals surface area (Å²) >= 11 is 5.75. The molecule has 0 aliphatic carbocycles. The Morgan fingerprint density at radius 2 is 1.95 bits per heavy atom. The van der Waals surface area contributed by atoms with Crippen molar-refractivity contribution in [3.8, 4) is 5.75 Å². The quantitative estimate of drug-likeness (QED) is 0.813. The number of nitrogens with two attached hydrogens (primary N) is 1. The zero-order valence-corrected chi connectivity index (χ0v) is 11.8. The number of carbonyl (C=O) groups excluding carboxylic acids is 1. The monoisotopic (exact) mass is 308 g/mol. The lowest BCUT2D eigenvalue weighted by Crippen LogP contribution is -2.37. The molecule has 1 amide bonds. The molecule has 0 unspecified atom stereocenters. The summed E-state index contributed by atoms with van der Waals surface area (Å²) in [5.74, 6) is -0.952. The van der Waals surface area contributed by atoms with Crippen molar-refractivity contribution in [2.75, 3.05) is 5.32 Å². The third kappa shape index (κ3) is 4.18. The highest BCUT2D eigenvalue weighted by Gasteiger charge is 2.16. The maximum absolute atomic E-state index is 13.5. The second kappa shape index (κ2) is 6.56. The number of phenolic OH excluding ortho intramolecular Hbond substituents is 1. The van der Waals surface area contributed by atoms with Gasteiger partial charge in [-0.15, -0.1) is 0 Å². The number of nitrogens with one attached hydrogen (secondary N) is 1. The number of amides is 1. The highest BCUT2D eigenvalue weighted by atomic mass is 35.5. The number of carbonyl (C=O) groups is 1. The van der Waals surface area contributed by atoms with Gasteiger partial charge >= 0.3 is 0 Å². The van der Waals surface area contributed by atoms with Crippen LogP contribution in [0.25, 0.3) is 0 Å². The number of anilines is 1. The molecule has 1 atom stereocenters. The fourth-order valence-corrected chi connectivity index (χ4v) is 1.97. The minimum atomic E-state index is -0.840. The van der Waals surface area contributed by atoms with Gasteiger partial charge < -0.3 is 16.2 Å². The SMILES string of the molecule is N[C@H](Cc1ccc(O)cc1)C(=O)Nc1cc(Cl)ccc1F. The van der Waals surface area contributed by atoms with Crippen molar-refractivity contribution in [3.63, 3.8) is 0 Å². The Labute approximate surface area is 126 Å². The molecule has 0 aromatic heterocycles. The van der Waals surface area contributed by atoms with Crippen LogP contribution in [0.15, 0.2) is 42.5 Å². The van der Waals surface area contributed by atoms with E-state index in [4.69, 9.17) is 17.3 Å². The van der Waals surface area contributed by atoms with Crippen LogP contribution < -0.4 is 11.1 Å². The summed E-state index contributed by atoms with van der Waals surface area (Å²) in [6.45, 7) is 0. The number of hydrogen-bond donors (Lipinski definition) is 3. The van der Waals surface area contributed by atoms with Gasteiger partial charge in [0.1, 0.15) is 11.6 Å².